The third kappa shape index (κ3) is 4.84. The molecule has 0 aliphatic carbocycles. The number of hydrogen-bond donors (Lipinski definition) is 2. The Kier molecular flexibility index (Phi) is 6.53. The Morgan fingerprint density at radius 3 is 2.48 bits per heavy atom. The van der Waals surface area contributed by atoms with E-state index in [0.29, 0.717) is 12.4 Å². The van der Waals surface area contributed by atoms with E-state index in [1.165, 1.54) is 19.2 Å². The Morgan fingerprint density at radius 1 is 1.19 bits per heavy atom. The van der Waals surface area contributed by atoms with Crippen LogP contribution in [-0.4, -0.2) is 34.5 Å². The average molecular weight is 375 g/mol. The fourth-order valence-corrected chi connectivity index (χ4v) is 2.21. The largest absolute Gasteiger partial charge is 0.494 e. The molecule has 0 saturated carbocycles. The van der Waals surface area contributed by atoms with Gasteiger partial charge in [-0.25, -0.2) is 9.59 Å². The van der Waals surface area contributed by atoms with Crippen molar-refractivity contribution < 1.29 is 19.1 Å². The number of H-pyrrole nitrogens is 1. The van der Waals surface area contributed by atoms with Crippen LogP contribution in [0.5, 0.6) is 5.75 Å². The van der Waals surface area contributed by atoms with E-state index in [9.17, 15) is 19.2 Å². The lowest BCUT2D eigenvalue weighted by Crippen LogP contribution is -2.35. The number of ether oxygens (including phenoxy) is 2. The van der Waals surface area contributed by atoms with Crippen LogP contribution in [0.25, 0.3) is 0 Å². The number of rotatable bonds is 8. The minimum absolute atomic E-state index is 0.230. The van der Waals surface area contributed by atoms with Crippen LogP contribution < -0.4 is 21.7 Å². The first-order valence-electron chi connectivity index (χ1n) is 8.37. The molecule has 0 saturated heterocycles. The highest BCUT2D eigenvalue weighted by Crippen LogP contribution is 2.14. The fourth-order valence-electron chi connectivity index (χ4n) is 2.21. The minimum Gasteiger partial charge on any atom is -0.494 e. The van der Waals surface area contributed by atoms with Crippen LogP contribution >= 0.6 is 0 Å². The van der Waals surface area contributed by atoms with Gasteiger partial charge < -0.3 is 15.2 Å². The molecule has 144 valence electrons. The number of nitrogens with one attached hydrogen (secondary N) is 1. The van der Waals surface area contributed by atoms with Crippen LogP contribution in [0.1, 0.15) is 40.5 Å². The van der Waals surface area contributed by atoms with Gasteiger partial charge in [-0.15, -0.1) is 0 Å². The van der Waals surface area contributed by atoms with Crippen molar-refractivity contribution in [2.45, 2.75) is 19.8 Å². The monoisotopic (exact) mass is 375 g/mol. The van der Waals surface area contributed by atoms with Crippen LogP contribution in [0.3, 0.4) is 0 Å². The van der Waals surface area contributed by atoms with E-state index in [0.717, 1.165) is 17.4 Å². The molecule has 2 rings (SSSR count). The highest BCUT2D eigenvalue weighted by atomic mass is 16.5. The molecule has 2 aromatic rings. The molecule has 0 atom stereocenters. The van der Waals surface area contributed by atoms with Gasteiger partial charge in [-0.05, 0) is 30.7 Å². The van der Waals surface area contributed by atoms with Crippen molar-refractivity contribution in [3.05, 3.63) is 56.2 Å². The number of carbonyl (C=O) groups excluding carboxylic acids is 2. The van der Waals surface area contributed by atoms with Crippen molar-refractivity contribution in [2.75, 3.05) is 18.9 Å². The van der Waals surface area contributed by atoms with E-state index in [2.05, 4.69) is 6.92 Å². The molecule has 0 bridgehead atoms. The van der Waals surface area contributed by atoms with Crippen LogP contribution in [0, 0.1) is 0 Å². The molecule has 0 aliphatic heterocycles. The van der Waals surface area contributed by atoms with Gasteiger partial charge in [-0.3, -0.25) is 19.1 Å². The number of ketones is 1. The van der Waals surface area contributed by atoms with Crippen LogP contribution in [0.15, 0.2) is 33.9 Å². The third-order valence-corrected chi connectivity index (χ3v) is 3.84. The molecule has 0 spiro atoms. The summed E-state index contributed by atoms with van der Waals surface area (Å²) in [6, 6.07) is 6.29. The number of aromatic amines is 1. The summed E-state index contributed by atoms with van der Waals surface area (Å²) in [6.07, 6.45) is 1.95. The summed E-state index contributed by atoms with van der Waals surface area (Å²) in [7, 11) is 1.31. The van der Waals surface area contributed by atoms with Gasteiger partial charge in [0.1, 0.15) is 17.1 Å². The minimum atomic E-state index is -0.926. The maximum absolute atomic E-state index is 12.2. The summed E-state index contributed by atoms with van der Waals surface area (Å²) in [5.41, 5.74) is 3.77. The molecule has 1 aromatic heterocycles. The van der Waals surface area contributed by atoms with Gasteiger partial charge in [0.2, 0.25) is 5.78 Å². The topological polar surface area (TPSA) is 133 Å². The third-order valence-electron chi connectivity index (χ3n) is 3.84. The van der Waals surface area contributed by atoms with Crippen molar-refractivity contribution in [3.8, 4) is 5.75 Å². The fraction of sp³-hybridized carbons (Fsp3) is 0.333. The molecule has 0 fully saturated rings. The maximum Gasteiger partial charge on any atom is 0.338 e. The van der Waals surface area contributed by atoms with Crippen molar-refractivity contribution in [3.63, 3.8) is 0 Å². The van der Waals surface area contributed by atoms with E-state index in [-0.39, 0.29) is 11.4 Å². The first-order chi connectivity index (χ1) is 12.8. The molecule has 27 heavy (non-hydrogen) atoms. The summed E-state index contributed by atoms with van der Waals surface area (Å²) in [5, 5.41) is 0. The number of nitrogens with zero attached hydrogens (tertiary/aromatic N) is 1. The molecular weight excluding hydrogens is 354 g/mol. The van der Waals surface area contributed by atoms with Crippen molar-refractivity contribution in [1.29, 1.82) is 0 Å². The average Bonchev–Trinajstić information content (AvgIpc) is 2.65. The van der Waals surface area contributed by atoms with Crippen molar-refractivity contribution in [2.24, 2.45) is 7.05 Å². The molecule has 3 N–H and O–H groups in total. The number of aromatic nitrogens is 2. The van der Waals surface area contributed by atoms with Gasteiger partial charge in [0.25, 0.3) is 5.56 Å². The first kappa shape index (κ1) is 20.0. The molecule has 1 heterocycles. The van der Waals surface area contributed by atoms with E-state index < -0.39 is 35.2 Å². The van der Waals surface area contributed by atoms with Gasteiger partial charge in [0.15, 0.2) is 6.61 Å². The van der Waals surface area contributed by atoms with Gasteiger partial charge in [-0.2, -0.15) is 0 Å². The second-order valence-corrected chi connectivity index (χ2v) is 5.80. The van der Waals surface area contributed by atoms with Crippen molar-refractivity contribution >= 4 is 17.6 Å². The number of anilines is 1. The normalized spacial score (nSPS) is 10.4. The number of nitrogen functional groups attached to an aromatic ring is 1. The Bertz CT molecular complexity index is 943. The van der Waals surface area contributed by atoms with Gasteiger partial charge in [-0.1, -0.05) is 13.3 Å². The molecule has 9 heteroatoms. The van der Waals surface area contributed by atoms with Crippen LogP contribution in [0.2, 0.25) is 0 Å². The number of carbonyl (C=O) groups is 2. The number of esters is 1. The molecule has 0 unspecified atom stereocenters. The quantitative estimate of drug-likeness (QED) is 0.397. The van der Waals surface area contributed by atoms with Crippen LogP contribution in [0.4, 0.5) is 5.82 Å². The Labute approximate surface area is 154 Å². The molecule has 0 amide bonds. The number of nitrogens with two attached hydrogens (primary N) is 1. The first-order valence-corrected chi connectivity index (χ1v) is 8.37. The highest BCUT2D eigenvalue weighted by molar-refractivity contribution is 6.02. The SMILES string of the molecule is CCCCOc1ccc(C(=O)OCC(=O)c2c(N)n(C)c(=O)[nH]c2=O)cc1. The zero-order chi connectivity index (χ0) is 20.0. The van der Waals surface area contributed by atoms with E-state index in [4.69, 9.17) is 15.2 Å². The number of Topliss-reactive ketones (excluding diaryl/α,β-unsaturated/α-hetero) is 1. The lowest BCUT2D eigenvalue weighted by Gasteiger charge is -2.09. The summed E-state index contributed by atoms with van der Waals surface area (Å²) >= 11 is 0. The van der Waals surface area contributed by atoms with E-state index >= 15 is 0 Å². The zero-order valence-corrected chi connectivity index (χ0v) is 15.1. The van der Waals surface area contributed by atoms with Crippen molar-refractivity contribution in [1.82, 2.24) is 9.55 Å². The second kappa shape index (κ2) is 8.84. The zero-order valence-electron chi connectivity index (χ0n) is 15.1. The van der Waals surface area contributed by atoms with Gasteiger partial charge in [0, 0.05) is 7.05 Å². The van der Waals surface area contributed by atoms with Crippen LogP contribution in [-0.2, 0) is 11.8 Å². The van der Waals surface area contributed by atoms with Gasteiger partial charge in [0.05, 0.1) is 12.2 Å². The van der Waals surface area contributed by atoms with E-state index in [1.54, 1.807) is 12.1 Å². The molecule has 1 aromatic carbocycles. The lowest BCUT2D eigenvalue weighted by atomic mass is 10.2. The summed E-state index contributed by atoms with van der Waals surface area (Å²) in [4.78, 5) is 49.4. The molecule has 0 radical (unpaired) electrons. The number of unbranched alkanes of at least 4 members (excludes halogenated alkanes) is 1. The Balaban J connectivity index is 2.01. The van der Waals surface area contributed by atoms with Gasteiger partial charge >= 0.3 is 11.7 Å². The van der Waals surface area contributed by atoms with E-state index in [1.807, 2.05) is 4.98 Å². The number of benzene rings is 1. The highest BCUT2D eigenvalue weighted by Gasteiger charge is 2.20. The summed E-state index contributed by atoms with van der Waals surface area (Å²) < 4.78 is 11.4. The lowest BCUT2D eigenvalue weighted by molar-refractivity contribution is 0.0474. The summed E-state index contributed by atoms with van der Waals surface area (Å²) in [5.74, 6) is -1.21. The number of hydrogen-bond acceptors (Lipinski definition) is 7. The predicted octanol–water partition coefficient (Wildman–Crippen LogP) is 0.874. The second-order valence-electron chi connectivity index (χ2n) is 5.80. The molecule has 9 nitrogen and oxygen atoms in total. The Morgan fingerprint density at radius 2 is 1.85 bits per heavy atom. The standard InChI is InChI=1S/C18H21N3O6/c1-3-4-9-26-12-7-5-11(6-8-12)17(24)27-10-13(22)14-15(19)21(2)18(25)20-16(14)23/h5-8H,3-4,9-10,19H2,1-2H3,(H,20,23,25). The predicted molar refractivity (Wildman–Crippen MR) is 98.2 cm³/mol. The maximum atomic E-state index is 12.2. The smallest absolute Gasteiger partial charge is 0.338 e. The molecular formula is C18H21N3O6. The summed E-state index contributed by atoms with van der Waals surface area (Å²) in [6.45, 7) is 1.96. The molecule has 0 aliphatic rings. The Hall–Kier alpha value is -3.36.